The monoisotopic (exact) mass is 328 g/mol. The van der Waals surface area contributed by atoms with Gasteiger partial charge in [0.15, 0.2) is 0 Å². The highest BCUT2D eigenvalue weighted by Gasteiger charge is 2.23. The number of ether oxygens (including phenoxy) is 4. The second-order valence-electron chi connectivity index (χ2n) is 5.70. The number of esters is 1. The Morgan fingerprint density at radius 3 is 2.33 bits per heavy atom. The predicted molar refractivity (Wildman–Crippen MR) is 90.5 cm³/mol. The van der Waals surface area contributed by atoms with Crippen LogP contribution in [-0.2, 0) is 14.3 Å². The molecule has 1 fully saturated rings. The van der Waals surface area contributed by atoms with Crippen LogP contribution in [0.15, 0.2) is 48.6 Å². The molecule has 24 heavy (non-hydrogen) atoms. The maximum atomic E-state index is 11.3. The van der Waals surface area contributed by atoms with Crippen LogP contribution in [0.3, 0.4) is 0 Å². The topological polar surface area (TPSA) is 57.3 Å². The summed E-state index contributed by atoms with van der Waals surface area (Å²) in [5, 5.41) is 2.13. The maximum absolute atomic E-state index is 11.3. The van der Waals surface area contributed by atoms with Crippen molar-refractivity contribution in [2.24, 2.45) is 0 Å². The summed E-state index contributed by atoms with van der Waals surface area (Å²) in [6.45, 7) is 7.01. The summed E-state index contributed by atoms with van der Waals surface area (Å²) < 4.78 is 21.4. The second-order valence-corrected chi connectivity index (χ2v) is 5.70. The first kappa shape index (κ1) is 16.3. The van der Waals surface area contributed by atoms with E-state index in [-0.39, 0.29) is 12.7 Å². The molecule has 5 nitrogen and oxygen atoms in total. The van der Waals surface area contributed by atoms with Gasteiger partial charge in [-0.05, 0) is 42.0 Å². The van der Waals surface area contributed by atoms with Crippen molar-refractivity contribution in [3.05, 3.63) is 48.6 Å². The van der Waals surface area contributed by atoms with Crippen LogP contribution in [0.25, 0.3) is 10.8 Å². The summed E-state index contributed by atoms with van der Waals surface area (Å²) in [4.78, 5) is 11.3. The molecule has 0 aliphatic carbocycles. The molecule has 0 N–H and O–H groups in total. The molecule has 1 aliphatic rings. The lowest BCUT2D eigenvalue weighted by molar-refractivity contribution is -0.139. The summed E-state index contributed by atoms with van der Waals surface area (Å²) in [7, 11) is 0. The van der Waals surface area contributed by atoms with Crippen molar-refractivity contribution < 1.29 is 23.7 Å². The standard InChI is InChI=1S/C19H20O5/c1-13(2)19(20)22-8-7-21-16-5-3-15-10-17(6-4-14(15)9-16)23-11-18-12-24-18/h3-6,9-10,18H,1,7-8,11-12H2,2H3. The fourth-order valence-corrected chi connectivity index (χ4v) is 2.15. The molecule has 2 aromatic rings. The van der Waals surface area contributed by atoms with E-state index in [1.165, 1.54) is 0 Å². The minimum Gasteiger partial charge on any atom is -0.491 e. The first-order chi connectivity index (χ1) is 11.6. The Kier molecular flexibility index (Phi) is 5.01. The highest BCUT2D eigenvalue weighted by Crippen LogP contribution is 2.25. The number of fused-ring (bicyclic) bond motifs is 1. The molecule has 1 aliphatic heterocycles. The van der Waals surface area contributed by atoms with E-state index in [1.807, 2.05) is 36.4 Å². The van der Waals surface area contributed by atoms with Crippen molar-refractivity contribution in [2.75, 3.05) is 26.4 Å². The number of hydrogen-bond acceptors (Lipinski definition) is 5. The molecule has 3 rings (SSSR count). The smallest absolute Gasteiger partial charge is 0.333 e. The molecule has 5 heteroatoms. The minimum absolute atomic E-state index is 0.194. The van der Waals surface area contributed by atoms with Crippen LogP contribution in [0.1, 0.15) is 6.92 Å². The zero-order chi connectivity index (χ0) is 16.9. The molecular formula is C19H20O5. The molecular weight excluding hydrogens is 308 g/mol. The molecule has 0 bridgehead atoms. The van der Waals surface area contributed by atoms with Crippen molar-refractivity contribution in [2.45, 2.75) is 13.0 Å². The second kappa shape index (κ2) is 7.36. The first-order valence-electron chi connectivity index (χ1n) is 7.85. The van der Waals surface area contributed by atoms with E-state index in [4.69, 9.17) is 18.9 Å². The van der Waals surface area contributed by atoms with Gasteiger partial charge in [0.2, 0.25) is 0 Å². The normalized spacial score (nSPS) is 15.8. The molecule has 2 aromatic carbocycles. The van der Waals surface area contributed by atoms with E-state index < -0.39 is 5.97 Å². The fraction of sp³-hybridized carbons (Fsp3) is 0.316. The molecule has 0 aromatic heterocycles. The Morgan fingerprint density at radius 2 is 1.75 bits per heavy atom. The SMILES string of the molecule is C=C(C)C(=O)OCCOc1ccc2cc(OCC3CO3)ccc2c1. The Morgan fingerprint density at radius 1 is 1.12 bits per heavy atom. The number of hydrogen-bond donors (Lipinski definition) is 0. The van der Waals surface area contributed by atoms with E-state index in [0.29, 0.717) is 18.8 Å². The lowest BCUT2D eigenvalue weighted by Gasteiger charge is -2.09. The molecule has 0 saturated carbocycles. The molecule has 126 valence electrons. The zero-order valence-corrected chi connectivity index (χ0v) is 13.6. The van der Waals surface area contributed by atoms with Gasteiger partial charge in [0.1, 0.15) is 37.4 Å². The third kappa shape index (κ3) is 4.49. The lowest BCUT2D eigenvalue weighted by Crippen LogP contribution is -2.12. The van der Waals surface area contributed by atoms with E-state index in [0.717, 1.165) is 28.9 Å². The van der Waals surface area contributed by atoms with Crippen LogP contribution in [-0.4, -0.2) is 38.5 Å². The number of epoxide rings is 1. The summed E-state index contributed by atoms with van der Waals surface area (Å²) in [5.74, 6) is 1.16. The van der Waals surface area contributed by atoms with E-state index >= 15 is 0 Å². The third-order valence-corrected chi connectivity index (χ3v) is 3.56. The van der Waals surface area contributed by atoms with Crippen LogP contribution in [0, 0.1) is 0 Å². The van der Waals surface area contributed by atoms with Gasteiger partial charge in [0.25, 0.3) is 0 Å². The van der Waals surface area contributed by atoms with Gasteiger partial charge in [-0.3, -0.25) is 0 Å². The fourth-order valence-electron chi connectivity index (χ4n) is 2.15. The van der Waals surface area contributed by atoms with E-state index in [9.17, 15) is 4.79 Å². The average molecular weight is 328 g/mol. The van der Waals surface area contributed by atoms with Crippen LogP contribution in [0.4, 0.5) is 0 Å². The van der Waals surface area contributed by atoms with Crippen molar-refractivity contribution in [3.63, 3.8) is 0 Å². The van der Waals surface area contributed by atoms with Gasteiger partial charge in [-0.2, -0.15) is 0 Å². The number of rotatable bonds is 8. The quantitative estimate of drug-likeness (QED) is 0.322. The van der Waals surface area contributed by atoms with Crippen LogP contribution >= 0.6 is 0 Å². The molecule has 0 spiro atoms. The summed E-state index contributed by atoms with van der Waals surface area (Å²) >= 11 is 0. The predicted octanol–water partition coefficient (Wildman–Crippen LogP) is 3.12. The van der Waals surface area contributed by atoms with Gasteiger partial charge in [0.05, 0.1) is 6.61 Å². The van der Waals surface area contributed by atoms with Gasteiger partial charge in [-0.25, -0.2) is 4.79 Å². The van der Waals surface area contributed by atoms with Crippen molar-refractivity contribution in [1.29, 1.82) is 0 Å². The molecule has 0 amide bonds. The Balaban J connectivity index is 1.54. The van der Waals surface area contributed by atoms with Crippen LogP contribution in [0.2, 0.25) is 0 Å². The summed E-state index contributed by atoms with van der Waals surface area (Å²) in [6.07, 6.45) is 0.246. The van der Waals surface area contributed by atoms with Gasteiger partial charge < -0.3 is 18.9 Å². The van der Waals surface area contributed by atoms with Crippen LogP contribution < -0.4 is 9.47 Å². The first-order valence-corrected chi connectivity index (χ1v) is 7.85. The Hall–Kier alpha value is -2.53. The molecule has 1 atom stereocenters. The van der Waals surface area contributed by atoms with E-state index in [2.05, 4.69) is 6.58 Å². The molecule has 1 saturated heterocycles. The van der Waals surface area contributed by atoms with Crippen molar-refractivity contribution in [3.8, 4) is 11.5 Å². The number of carbonyl (C=O) groups is 1. The number of benzene rings is 2. The molecule has 1 unspecified atom stereocenters. The average Bonchev–Trinajstić information content (AvgIpc) is 3.40. The Bertz CT molecular complexity index is 749. The lowest BCUT2D eigenvalue weighted by atomic mass is 10.1. The maximum Gasteiger partial charge on any atom is 0.333 e. The molecule has 0 radical (unpaired) electrons. The van der Waals surface area contributed by atoms with Crippen molar-refractivity contribution in [1.82, 2.24) is 0 Å². The van der Waals surface area contributed by atoms with Gasteiger partial charge >= 0.3 is 5.97 Å². The summed E-state index contributed by atoms with van der Waals surface area (Å²) in [6, 6.07) is 11.7. The van der Waals surface area contributed by atoms with Gasteiger partial charge in [0, 0.05) is 5.57 Å². The molecule has 1 heterocycles. The van der Waals surface area contributed by atoms with Crippen molar-refractivity contribution >= 4 is 16.7 Å². The number of carbonyl (C=O) groups excluding carboxylic acids is 1. The summed E-state index contributed by atoms with van der Waals surface area (Å²) in [5.41, 5.74) is 0.381. The Labute approximate surface area is 140 Å². The highest BCUT2D eigenvalue weighted by atomic mass is 16.6. The van der Waals surface area contributed by atoms with Gasteiger partial charge in [-0.1, -0.05) is 18.7 Å². The minimum atomic E-state index is -0.402. The van der Waals surface area contributed by atoms with E-state index in [1.54, 1.807) is 6.92 Å². The van der Waals surface area contributed by atoms with Crippen LogP contribution in [0.5, 0.6) is 11.5 Å². The zero-order valence-electron chi connectivity index (χ0n) is 13.6. The third-order valence-electron chi connectivity index (χ3n) is 3.56. The largest absolute Gasteiger partial charge is 0.491 e. The van der Waals surface area contributed by atoms with Gasteiger partial charge in [-0.15, -0.1) is 0 Å². The highest BCUT2D eigenvalue weighted by molar-refractivity contribution is 5.87.